The molecule has 0 aliphatic rings. The lowest BCUT2D eigenvalue weighted by molar-refractivity contribution is 0.282. The van der Waals surface area contributed by atoms with E-state index in [0.717, 1.165) is 18.9 Å². The molecule has 20 heavy (non-hydrogen) atoms. The van der Waals surface area contributed by atoms with Gasteiger partial charge in [0.05, 0.1) is 0 Å². The largest absolute Gasteiger partial charge is 0.399 e. The number of nitrogen functional groups attached to an aromatic ring is 1. The number of benzene rings is 1. The average molecular weight is 304 g/mol. The van der Waals surface area contributed by atoms with Crippen molar-refractivity contribution in [3.05, 3.63) is 23.5 Å². The number of aliphatic hydroxyl groups is 1. The van der Waals surface area contributed by atoms with Crippen molar-refractivity contribution in [3.63, 3.8) is 0 Å². The molecule has 0 atom stereocenters. The van der Waals surface area contributed by atoms with Crippen molar-refractivity contribution in [3.8, 4) is 0 Å². The van der Waals surface area contributed by atoms with Crippen LogP contribution in [0.3, 0.4) is 0 Å². The van der Waals surface area contributed by atoms with Gasteiger partial charge in [0.25, 0.3) is 0 Å². The summed E-state index contributed by atoms with van der Waals surface area (Å²) in [7, 11) is -3.88. The zero-order valence-electron chi connectivity index (χ0n) is 11.5. The Kier molecular flexibility index (Phi) is 6.38. The third kappa shape index (κ3) is 4.73. The normalized spacial score (nSPS) is 11.8. The van der Waals surface area contributed by atoms with Crippen molar-refractivity contribution in [2.45, 2.75) is 37.5 Å². The Morgan fingerprint density at radius 3 is 2.55 bits per heavy atom. The molecule has 0 radical (unpaired) electrons. The first-order chi connectivity index (χ1) is 9.38. The summed E-state index contributed by atoms with van der Waals surface area (Å²) in [6.07, 6.45) is 2.99. The van der Waals surface area contributed by atoms with Gasteiger partial charge >= 0.3 is 0 Å². The second-order valence-corrected chi connectivity index (χ2v) is 6.42. The fourth-order valence-corrected chi connectivity index (χ4v) is 3.09. The highest BCUT2D eigenvalue weighted by Crippen LogP contribution is 2.21. The Morgan fingerprint density at radius 2 is 1.90 bits per heavy atom. The predicted octanol–water partition coefficient (Wildman–Crippen LogP) is 1.55. The maximum absolute atomic E-state index is 13.9. The molecule has 1 rings (SSSR count). The molecule has 0 heterocycles. The van der Waals surface area contributed by atoms with E-state index in [1.54, 1.807) is 0 Å². The molecule has 5 nitrogen and oxygen atoms in total. The van der Waals surface area contributed by atoms with E-state index in [4.69, 9.17) is 10.8 Å². The van der Waals surface area contributed by atoms with Crippen LogP contribution in [0.4, 0.5) is 10.1 Å². The number of anilines is 1. The monoisotopic (exact) mass is 304 g/mol. The highest BCUT2D eigenvalue weighted by Gasteiger charge is 2.20. The minimum atomic E-state index is -3.88. The lowest BCUT2D eigenvalue weighted by atomic mass is 10.2. The van der Waals surface area contributed by atoms with Gasteiger partial charge in [-0.15, -0.1) is 0 Å². The molecule has 0 fully saturated rings. The van der Waals surface area contributed by atoms with E-state index < -0.39 is 20.7 Å². The average Bonchev–Trinajstić information content (AvgIpc) is 2.37. The molecule has 0 aromatic heterocycles. The van der Waals surface area contributed by atoms with Gasteiger partial charge in [-0.25, -0.2) is 17.5 Å². The molecular weight excluding hydrogens is 283 g/mol. The second-order valence-electron chi connectivity index (χ2n) is 4.69. The van der Waals surface area contributed by atoms with Crippen LogP contribution >= 0.6 is 0 Å². The van der Waals surface area contributed by atoms with Gasteiger partial charge in [0.15, 0.2) is 0 Å². The molecule has 0 unspecified atom stereocenters. The number of hydrogen-bond acceptors (Lipinski definition) is 4. The number of unbranched alkanes of at least 4 members (excludes halogenated alkanes) is 3. The van der Waals surface area contributed by atoms with E-state index in [2.05, 4.69) is 4.72 Å². The van der Waals surface area contributed by atoms with Crippen molar-refractivity contribution in [2.75, 3.05) is 18.9 Å². The smallest absolute Gasteiger partial charge is 0.243 e. The molecule has 0 aliphatic heterocycles. The number of aryl methyl sites for hydroxylation is 1. The quantitative estimate of drug-likeness (QED) is 0.502. The van der Waals surface area contributed by atoms with Crippen molar-refractivity contribution in [2.24, 2.45) is 0 Å². The van der Waals surface area contributed by atoms with Crippen LogP contribution in [0.5, 0.6) is 0 Å². The zero-order valence-corrected chi connectivity index (χ0v) is 12.3. The van der Waals surface area contributed by atoms with Crippen molar-refractivity contribution in [1.29, 1.82) is 0 Å². The van der Waals surface area contributed by atoms with Gasteiger partial charge in [0, 0.05) is 18.8 Å². The van der Waals surface area contributed by atoms with Crippen LogP contribution < -0.4 is 10.5 Å². The van der Waals surface area contributed by atoms with E-state index in [1.807, 2.05) is 0 Å². The lowest BCUT2D eigenvalue weighted by Gasteiger charge is -2.10. The van der Waals surface area contributed by atoms with Crippen molar-refractivity contribution >= 4 is 15.7 Å². The third-order valence-electron chi connectivity index (χ3n) is 2.91. The Hall–Kier alpha value is -1.18. The highest BCUT2D eigenvalue weighted by molar-refractivity contribution is 7.89. The highest BCUT2D eigenvalue weighted by atomic mass is 32.2. The molecule has 7 heteroatoms. The van der Waals surface area contributed by atoms with E-state index in [0.29, 0.717) is 12.8 Å². The van der Waals surface area contributed by atoms with E-state index in [-0.39, 0.29) is 24.4 Å². The summed E-state index contributed by atoms with van der Waals surface area (Å²) < 4.78 is 40.2. The first-order valence-electron chi connectivity index (χ1n) is 6.54. The van der Waals surface area contributed by atoms with Crippen LogP contribution in [0.15, 0.2) is 17.0 Å². The van der Waals surface area contributed by atoms with E-state index in [1.165, 1.54) is 13.0 Å². The lowest BCUT2D eigenvalue weighted by Crippen LogP contribution is -2.26. The van der Waals surface area contributed by atoms with Gasteiger partial charge in [-0.3, -0.25) is 0 Å². The van der Waals surface area contributed by atoms with Crippen LogP contribution in [0.1, 0.15) is 31.2 Å². The minimum absolute atomic E-state index is 0.138. The standard InChI is InChI=1S/C13H21FN2O3S/c1-10-8-11(15)9-12(13(10)14)20(18,19)16-6-4-2-3-5-7-17/h8-9,16-17H,2-7,15H2,1H3. The van der Waals surface area contributed by atoms with Gasteiger partial charge in [0.2, 0.25) is 10.0 Å². The molecule has 0 bridgehead atoms. The van der Waals surface area contributed by atoms with Crippen LogP contribution in [-0.4, -0.2) is 26.7 Å². The summed E-state index contributed by atoms with van der Waals surface area (Å²) in [5.74, 6) is -0.771. The topological polar surface area (TPSA) is 92.4 Å². The molecule has 0 aliphatic carbocycles. The molecule has 1 aromatic carbocycles. The Labute approximate surface area is 119 Å². The minimum Gasteiger partial charge on any atom is -0.399 e. The van der Waals surface area contributed by atoms with Crippen molar-refractivity contribution < 1.29 is 17.9 Å². The molecule has 4 N–H and O–H groups in total. The van der Waals surface area contributed by atoms with Crippen molar-refractivity contribution in [1.82, 2.24) is 4.72 Å². The predicted molar refractivity (Wildman–Crippen MR) is 76.3 cm³/mol. The SMILES string of the molecule is Cc1cc(N)cc(S(=O)(=O)NCCCCCCO)c1F. The number of rotatable bonds is 8. The van der Waals surface area contributed by atoms with Crippen LogP contribution in [0.2, 0.25) is 0 Å². The maximum atomic E-state index is 13.9. The number of nitrogens with two attached hydrogens (primary N) is 1. The number of aliphatic hydroxyl groups excluding tert-OH is 1. The summed E-state index contributed by atoms with van der Waals surface area (Å²) in [4.78, 5) is -0.412. The first kappa shape index (κ1) is 16.9. The molecule has 1 aromatic rings. The van der Waals surface area contributed by atoms with Gasteiger partial charge in [-0.05, 0) is 37.5 Å². The van der Waals surface area contributed by atoms with Gasteiger partial charge in [0.1, 0.15) is 10.7 Å². The van der Waals surface area contributed by atoms with E-state index in [9.17, 15) is 12.8 Å². The molecular formula is C13H21FN2O3S. The summed E-state index contributed by atoms with van der Waals surface area (Å²) in [6, 6.07) is 2.51. The Bertz CT molecular complexity index is 547. The molecule has 0 spiro atoms. The maximum Gasteiger partial charge on any atom is 0.243 e. The van der Waals surface area contributed by atoms with E-state index >= 15 is 0 Å². The number of hydrogen-bond donors (Lipinski definition) is 3. The van der Waals surface area contributed by atoms with Gasteiger partial charge in [-0.1, -0.05) is 12.8 Å². The number of sulfonamides is 1. The number of nitrogens with one attached hydrogen (secondary N) is 1. The second kappa shape index (κ2) is 7.56. The molecule has 114 valence electrons. The summed E-state index contributed by atoms with van der Waals surface area (Å²) in [5.41, 5.74) is 5.97. The third-order valence-corrected chi connectivity index (χ3v) is 4.37. The Balaban J connectivity index is 2.65. The van der Waals surface area contributed by atoms with Crippen LogP contribution in [0, 0.1) is 12.7 Å². The summed E-state index contributed by atoms with van der Waals surface area (Å²) >= 11 is 0. The molecule has 0 saturated heterocycles. The zero-order chi connectivity index (χ0) is 15.2. The fourth-order valence-electron chi connectivity index (χ4n) is 1.83. The Morgan fingerprint density at radius 1 is 1.25 bits per heavy atom. The summed E-state index contributed by atoms with van der Waals surface area (Å²) in [5, 5.41) is 8.62. The van der Waals surface area contributed by atoms with Crippen LogP contribution in [0.25, 0.3) is 0 Å². The first-order valence-corrected chi connectivity index (χ1v) is 8.03. The molecule has 0 saturated carbocycles. The van der Waals surface area contributed by atoms with Crippen LogP contribution in [-0.2, 0) is 10.0 Å². The molecule has 0 amide bonds. The number of halogens is 1. The van der Waals surface area contributed by atoms with Gasteiger partial charge < -0.3 is 10.8 Å². The summed E-state index contributed by atoms with van der Waals surface area (Å²) in [6.45, 7) is 1.85. The fraction of sp³-hybridized carbons (Fsp3) is 0.538. The van der Waals surface area contributed by atoms with Gasteiger partial charge in [-0.2, -0.15) is 0 Å².